The number of esters is 1. The van der Waals surface area contributed by atoms with Crippen LogP contribution >= 0.6 is 0 Å². The van der Waals surface area contributed by atoms with Crippen molar-refractivity contribution in [1.29, 1.82) is 0 Å². The molecule has 6 heteroatoms. The van der Waals surface area contributed by atoms with Gasteiger partial charge in [0.1, 0.15) is 13.0 Å². The zero-order valence-electron chi connectivity index (χ0n) is 21.2. The van der Waals surface area contributed by atoms with E-state index in [1.165, 1.54) is 20.0 Å². The summed E-state index contributed by atoms with van der Waals surface area (Å²) in [6.07, 6.45) is 6.03. The second kappa shape index (κ2) is 9.73. The van der Waals surface area contributed by atoms with Crippen molar-refractivity contribution in [2.45, 2.75) is 96.9 Å². The molecule has 4 aliphatic rings. The second-order valence-corrected chi connectivity index (χ2v) is 12.2. The normalized spacial score (nSPS) is 47.8. The maximum absolute atomic E-state index is 14.8. The van der Waals surface area contributed by atoms with Gasteiger partial charge in [-0.05, 0) is 97.7 Å². The summed E-state index contributed by atoms with van der Waals surface area (Å²) in [5.41, 5.74) is 0.143. The van der Waals surface area contributed by atoms with Gasteiger partial charge in [-0.3, -0.25) is 4.79 Å². The van der Waals surface area contributed by atoms with Gasteiger partial charge in [-0.25, -0.2) is 4.39 Å². The third-order valence-electron chi connectivity index (χ3n) is 10.8. The van der Waals surface area contributed by atoms with Crippen LogP contribution < -0.4 is 0 Å². The maximum atomic E-state index is 14.8. The predicted octanol–water partition coefficient (Wildman–Crippen LogP) is 5.14. The first kappa shape index (κ1) is 25.4. The number of rotatable bonds is 7. The number of hydrogen-bond acceptors (Lipinski definition) is 5. The molecule has 0 aromatic rings. The van der Waals surface area contributed by atoms with Crippen LogP contribution in [0.5, 0.6) is 0 Å². The minimum absolute atomic E-state index is 0.0772. The van der Waals surface area contributed by atoms with Crippen molar-refractivity contribution in [1.82, 2.24) is 0 Å². The Morgan fingerprint density at radius 1 is 1.12 bits per heavy atom. The van der Waals surface area contributed by atoms with E-state index in [0.717, 1.165) is 25.7 Å². The molecule has 0 bridgehead atoms. The van der Waals surface area contributed by atoms with Crippen LogP contribution in [0.3, 0.4) is 0 Å². The molecule has 0 aliphatic heterocycles. The standard InChI is InChI=1S/C27H45FO5/c1-16(6-9-24(30)32-5)18-7-8-19-25-20(10-11-26(18,19)2)27(3)14-21(28)22(29)12-17(27)13-23(25)33-15-31-4/h16-23,25,29H,6-15H2,1-5H3/t16-,17+,18-,19+,20+,21+,22+,23-,25+,26-,27+/m1/s1. The number of ether oxygens (including phenoxy) is 3. The Morgan fingerprint density at radius 2 is 1.85 bits per heavy atom. The molecule has 11 atom stereocenters. The fourth-order valence-electron chi connectivity index (χ4n) is 9.13. The summed E-state index contributed by atoms with van der Waals surface area (Å²) < 4.78 is 31.3. The van der Waals surface area contributed by atoms with Gasteiger partial charge in [-0.15, -0.1) is 0 Å². The molecular formula is C27H45FO5. The lowest BCUT2D eigenvalue weighted by atomic mass is 9.43. The van der Waals surface area contributed by atoms with E-state index in [2.05, 4.69) is 20.8 Å². The van der Waals surface area contributed by atoms with Crippen molar-refractivity contribution in [2.75, 3.05) is 21.0 Å². The van der Waals surface area contributed by atoms with E-state index >= 15 is 0 Å². The van der Waals surface area contributed by atoms with Crippen LogP contribution in [0.1, 0.15) is 78.6 Å². The lowest BCUT2D eigenvalue weighted by Gasteiger charge is -2.63. The molecule has 190 valence electrons. The van der Waals surface area contributed by atoms with Gasteiger partial charge < -0.3 is 19.3 Å². The van der Waals surface area contributed by atoms with Gasteiger partial charge in [-0.1, -0.05) is 20.8 Å². The molecule has 4 aliphatic carbocycles. The van der Waals surface area contributed by atoms with E-state index < -0.39 is 12.3 Å². The lowest BCUT2D eigenvalue weighted by molar-refractivity contribution is -0.215. The van der Waals surface area contributed by atoms with Crippen molar-refractivity contribution in [3.8, 4) is 0 Å². The Kier molecular flexibility index (Phi) is 7.49. The van der Waals surface area contributed by atoms with Crippen LogP contribution in [0.2, 0.25) is 0 Å². The average molecular weight is 469 g/mol. The fraction of sp³-hybridized carbons (Fsp3) is 0.963. The van der Waals surface area contributed by atoms with E-state index in [-0.39, 0.29) is 29.7 Å². The zero-order valence-corrected chi connectivity index (χ0v) is 21.2. The second-order valence-electron chi connectivity index (χ2n) is 12.2. The number of alkyl halides is 1. The van der Waals surface area contributed by atoms with Gasteiger partial charge in [0.15, 0.2) is 0 Å². The Labute approximate surface area is 199 Å². The summed E-state index contributed by atoms with van der Waals surface area (Å²) >= 11 is 0. The molecule has 4 saturated carbocycles. The van der Waals surface area contributed by atoms with Crippen LogP contribution in [-0.4, -0.2) is 50.5 Å². The number of aliphatic hydroxyl groups is 1. The number of hydrogen-bond donors (Lipinski definition) is 1. The summed E-state index contributed by atoms with van der Waals surface area (Å²) in [5.74, 6) is 2.61. The highest BCUT2D eigenvalue weighted by molar-refractivity contribution is 5.69. The van der Waals surface area contributed by atoms with E-state index in [9.17, 15) is 14.3 Å². The highest BCUT2D eigenvalue weighted by Crippen LogP contribution is 2.68. The van der Waals surface area contributed by atoms with Crippen molar-refractivity contribution >= 4 is 5.97 Å². The van der Waals surface area contributed by atoms with Crippen molar-refractivity contribution in [3.05, 3.63) is 0 Å². The Balaban J connectivity index is 1.59. The molecule has 0 radical (unpaired) electrons. The van der Waals surface area contributed by atoms with Crippen LogP contribution in [0.15, 0.2) is 0 Å². The number of carbonyl (C=O) groups is 1. The number of carbonyl (C=O) groups excluding carboxylic acids is 1. The quantitative estimate of drug-likeness (QED) is 0.414. The molecule has 4 fully saturated rings. The SMILES string of the molecule is COCO[C@@H]1C[C@@H]2C[C@H](O)[C@@H](F)C[C@]2(C)[C@H]2CC[C@]3(C)[C@@H]([C@H](C)CCC(=O)OC)CC[C@H]3[C@H]12. The number of methoxy groups -OCH3 is 2. The molecule has 4 rings (SSSR count). The van der Waals surface area contributed by atoms with E-state index in [1.54, 1.807) is 7.11 Å². The van der Waals surface area contributed by atoms with E-state index in [0.29, 0.717) is 54.8 Å². The van der Waals surface area contributed by atoms with Gasteiger partial charge in [0.05, 0.1) is 19.3 Å². The Morgan fingerprint density at radius 3 is 2.55 bits per heavy atom. The third kappa shape index (κ3) is 4.38. The summed E-state index contributed by atoms with van der Waals surface area (Å²) in [6, 6.07) is 0. The minimum Gasteiger partial charge on any atom is -0.469 e. The Bertz CT molecular complexity index is 702. The molecular weight excluding hydrogens is 423 g/mol. The lowest BCUT2D eigenvalue weighted by Crippen LogP contribution is -2.60. The van der Waals surface area contributed by atoms with E-state index in [1.807, 2.05) is 0 Å². The summed E-state index contributed by atoms with van der Waals surface area (Å²) in [7, 11) is 3.13. The van der Waals surface area contributed by atoms with Crippen molar-refractivity contribution < 1.29 is 28.5 Å². The molecule has 1 N–H and O–H groups in total. The monoisotopic (exact) mass is 468 g/mol. The number of aliphatic hydroxyl groups excluding tert-OH is 1. The largest absolute Gasteiger partial charge is 0.469 e. The molecule has 0 heterocycles. The topological polar surface area (TPSA) is 65.0 Å². The van der Waals surface area contributed by atoms with Crippen molar-refractivity contribution in [2.24, 2.45) is 46.3 Å². The first-order chi connectivity index (χ1) is 15.7. The summed E-state index contributed by atoms with van der Waals surface area (Å²) in [5, 5.41) is 10.3. The van der Waals surface area contributed by atoms with Crippen LogP contribution in [0.4, 0.5) is 4.39 Å². The van der Waals surface area contributed by atoms with Gasteiger partial charge in [-0.2, -0.15) is 0 Å². The predicted molar refractivity (Wildman–Crippen MR) is 124 cm³/mol. The molecule has 5 nitrogen and oxygen atoms in total. The fourth-order valence-corrected chi connectivity index (χ4v) is 9.13. The van der Waals surface area contributed by atoms with Crippen LogP contribution in [0.25, 0.3) is 0 Å². The van der Waals surface area contributed by atoms with Gasteiger partial charge >= 0.3 is 5.97 Å². The summed E-state index contributed by atoms with van der Waals surface area (Å²) in [4.78, 5) is 11.7. The average Bonchev–Trinajstić information content (AvgIpc) is 3.14. The van der Waals surface area contributed by atoms with E-state index in [4.69, 9.17) is 14.2 Å². The number of fused-ring (bicyclic) bond motifs is 5. The van der Waals surface area contributed by atoms with Crippen molar-refractivity contribution in [3.63, 3.8) is 0 Å². The molecule has 0 unspecified atom stereocenters. The molecule has 0 aromatic carbocycles. The molecule has 0 amide bonds. The maximum Gasteiger partial charge on any atom is 0.305 e. The zero-order chi connectivity index (χ0) is 24.0. The van der Waals surface area contributed by atoms with Crippen LogP contribution in [-0.2, 0) is 19.0 Å². The van der Waals surface area contributed by atoms with Gasteiger partial charge in [0.25, 0.3) is 0 Å². The molecule has 0 aromatic heterocycles. The molecule has 33 heavy (non-hydrogen) atoms. The van der Waals surface area contributed by atoms with Gasteiger partial charge in [0.2, 0.25) is 0 Å². The molecule has 0 spiro atoms. The highest BCUT2D eigenvalue weighted by Gasteiger charge is 2.64. The van der Waals surface area contributed by atoms with Crippen LogP contribution in [0, 0.1) is 46.3 Å². The number of halogens is 1. The minimum atomic E-state index is -1.12. The molecule has 0 saturated heterocycles. The third-order valence-corrected chi connectivity index (χ3v) is 10.8. The van der Waals surface area contributed by atoms with Gasteiger partial charge in [0, 0.05) is 13.5 Å². The summed E-state index contributed by atoms with van der Waals surface area (Å²) in [6.45, 7) is 7.37. The first-order valence-electron chi connectivity index (χ1n) is 13.1. The Hall–Kier alpha value is -0.720. The first-order valence-corrected chi connectivity index (χ1v) is 13.1. The highest BCUT2D eigenvalue weighted by atomic mass is 19.1. The smallest absolute Gasteiger partial charge is 0.305 e.